The zero-order chi connectivity index (χ0) is 9.30. The number of halogens is 1. The van der Waals surface area contributed by atoms with Gasteiger partial charge in [0, 0.05) is 0 Å². The molecule has 0 atom stereocenters. The maximum atomic E-state index is 10.2. The van der Waals surface area contributed by atoms with Gasteiger partial charge in [-0.3, -0.25) is 0 Å². The maximum Gasteiger partial charge on any atom is 1.00 e. The Balaban J connectivity index is 0. The minimum Gasteiger partial charge on any atom is -0.543 e. The van der Waals surface area contributed by atoms with Gasteiger partial charge in [-0.05, 0) is 11.6 Å². The molecule has 1 aromatic rings. The number of carboxylic acid groups (broad SMARTS) is 2. The van der Waals surface area contributed by atoms with Crippen LogP contribution in [0, 0.1) is 0 Å². The van der Waals surface area contributed by atoms with E-state index in [0.29, 0.717) is 0 Å². The third-order valence-electron chi connectivity index (χ3n) is 1.07. The summed E-state index contributed by atoms with van der Waals surface area (Å²) in [4.78, 5) is 25.6. The Morgan fingerprint density at radius 3 is 2.00 bits per heavy atom. The first-order chi connectivity index (χ1) is 5.52. The molecule has 0 amide bonds. The van der Waals surface area contributed by atoms with Gasteiger partial charge in [0.05, 0.1) is 17.6 Å². The molecule has 1 aromatic heterocycles. The summed E-state index contributed by atoms with van der Waals surface area (Å²) in [5.74, 6) is -3.43. The molecule has 9 heteroatoms. The van der Waals surface area contributed by atoms with Crippen LogP contribution in [0.3, 0.4) is 0 Å². The molecule has 0 radical (unpaired) electrons. The summed E-state index contributed by atoms with van der Waals surface area (Å²) in [5, 5.41) is 20.1. The van der Waals surface area contributed by atoms with Crippen molar-refractivity contribution in [3.63, 3.8) is 0 Å². The fraction of sp³-hybridized carbons (Fsp3) is 0. The van der Waals surface area contributed by atoms with Crippen LogP contribution in [0.2, 0.25) is 5.28 Å². The number of aromatic nitrogens is 2. The van der Waals surface area contributed by atoms with Gasteiger partial charge in [-0.2, -0.15) is 0 Å². The van der Waals surface area contributed by atoms with Gasteiger partial charge < -0.3 is 24.8 Å². The molecular weight excluding hydrogens is 233 g/mol. The van der Waals surface area contributed by atoms with Crippen molar-refractivity contribution in [2.75, 3.05) is 0 Å². The van der Waals surface area contributed by atoms with Gasteiger partial charge in [-0.15, -0.1) is 0 Å². The Kier molecular flexibility index (Phi) is 8.23. The molecule has 0 spiro atoms. The SMILES string of the molecule is O=C([O-])c1nc(Cl)[nH]c1C(=O)[O-].[Na+].[Na+]. The van der Waals surface area contributed by atoms with Crippen molar-refractivity contribution < 1.29 is 78.9 Å². The van der Waals surface area contributed by atoms with E-state index in [1.807, 2.05) is 4.98 Å². The van der Waals surface area contributed by atoms with E-state index < -0.39 is 23.3 Å². The van der Waals surface area contributed by atoms with Crippen molar-refractivity contribution in [3.8, 4) is 0 Å². The fourth-order valence-electron chi connectivity index (χ4n) is 0.640. The number of rotatable bonds is 2. The van der Waals surface area contributed by atoms with Crippen LogP contribution in [-0.2, 0) is 0 Å². The summed E-state index contributed by atoms with van der Waals surface area (Å²) >= 11 is 5.20. The predicted octanol–water partition coefficient (Wildman–Crippen LogP) is -8.20. The standard InChI is InChI=1S/C5H3ClN2O4.2Na/c6-5-7-1(3(9)10)2(8-5)4(11)12;;/h(H,7,8)(H,9,10)(H,11,12);;/q;2*+1/p-2. The molecule has 0 bridgehead atoms. The number of nitrogens with zero attached hydrogens (tertiary/aromatic N) is 1. The first-order valence-electron chi connectivity index (χ1n) is 2.70. The topological polar surface area (TPSA) is 109 Å². The minimum atomic E-state index is -1.72. The number of carbonyl (C=O) groups is 2. The summed E-state index contributed by atoms with van der Waals surface area (Å²) in [6, 6.07) is 0. The molecule has 1 N–H and O–H groups in total. The largest absolute Gasteiger partial charge is 1.00 e. The summed E-state index contributed by atoms with van der Waals surface area (Å²) in [6.07, 6.45) is 0. The van der Waals surface area contributed by atoms with Crippen LogP contribution in [0.25, 0.3) is 0 Å². The molecule has 0 saturated carbocycles. The van der Waals surface area contributed by atoms with Crippen molar-refractivity contribution in [3.05, 3.63) is 16.7 Å². The van der Waals surface area contributed by atoms with Crippen molar-refractivity contribution in [1.29, 1.82) is 0 Å². The Labute approximate surface area is 128 Å². The molecule has 0 aliphatic rings. The number of nitrogens with one attached hydrogen (secondary N) is 1. The molecule has 0 unspecified atom stereocenters. The van der Waals surface area contributed by atoms with Crippen LogP contribution in [-0.4, -0.2) is 21.9 Å². The molecule has 0 fully saturated rings. The number of H-pyrrole nitrogens is 1. The quantitative estimate of drug-likeness (QED) is 0.511. The monoisotopic (exact) mass is 234 g/mol. The normalized spacial score (nSPS) is 8.36. The van der Waals surface area contributed by atoms with Crippen LogP contribution in [0.1, 0.15) is 21.0 Å². The number of hydrogen-bond donors (Lipinski definition) is 1. The van der Waals surface area contributed by atoms with E-state index in [1.54, 1.807) is 0 Å². The number of imidazole rings is 1. The first kappa shape index (κ1) is 16.9. The zero-order valence-corrected chi connectivity index (χ0v) is 12.2. The van der Waals surface area contributed by atoms with E-state index in [0.717, 1.165) is 0 Å². The van der Waals surface area contributed by atoms with Crippen molar-refractivity contribution in [2.24, 2.45) is 0 Å². The van der Waals surface area contributed by atoms with Crippen LogP contribution in [0.15, 0.2) is 0 Å². The Hall–Kier alpha value is 0.440. The van der Waals surface area contributed by atoms with Gasteiger partial charge in [0.15, 0.2) is 0 Å². The third kappa shape index (κ3) is 3.90. The average Bonchev–Trinajstić information content (AvgIpc) is 2.31. The first-order valence-corrected chi connectivity index (χ1v) is 3.08. The second-order valence-corrected chi connectivity index (χ2v) is 2.18. The minimum absolute atomic E-state index is 0. The van der Waals surface area contributed by atoms with E-state index in [-0.39, 0.29) is 64.4 Å². The van der Waals surface area contributed by atoms with Crippen molar-refractivity contribution in [1.82, 2.24) is 9.97 Å². The number of hydrogen-bond acceptors (Lipinski definition) is 5. The van der Waals surface area contributed by atoms with Crippen LogP contribution in [0.5, 0.6) is 0 Å². The van der Waals surface area contributed by atoms with Crippen molar-refractivity contribution >= 4 is 23.5 Å². The number of carboxylic acids is 2. The number of aromatic amines is 1. The molecule has 14 heavy (non-hydrogen) atoms. The van der Waals surface area contributed by atoms with E-state index in [9.17, 15) is 19.8 Å². The van der Waals surface area contributed by atoms with E-state index in [2.05, 4.69) is 4.98 Å². The molecule has 6 nitrogen and oxygen atoms in total. The smallest absolute Gasteiger partial charge is 0.543 e. The molecule has 0 saturated heterocycles. The third-order valence-corrected chi connectivity index (χ3v) is 1.25. The summed E-state index contributed by atoms with van der Waals surface area (Å²) < 4.78 is 0. The molecule has 1 rings (SSSR count). The average molecular weight is 235 g/mol. The van der Waals surface area contributed by atoms with Gasteiger partial charge in [-0.25, -0.2) is 4.98 Å². The van der Waals surface area contributed by atoms with Crippen molar-refractivity contribution in [2.45, 2.75) is 0 Å². The molecule has 0 aromatic carbocycles. The van der Waals surface area contributed by atoms with Gasteiger partial charge in [0.25, 0.3) is 0 Å². The molecule has 1 heterocycles. The summed E-state index contributed by atoms with van der Waals surface area (Å²) in [7, 11) is 0. The molecule has 0 aliphatic carbocycles. The molecule has 0 aliphatic heterocycles. The second kappa shape index (κ2) is 6.84. The number of carbonyl (C=O) groups excluding carboxylic acids is 2. The van der Waals surface area contributed by atoms with E-state index in [4.69, 9.17) is 11.6 Å². The van der Waals surface area contributed by atoms with E-state index >= 15 is 0 Å². The van der Waals surface area contributed by atoms with E-state index in [1.165, 1.54) is 0 Å². The second-order valence-electron chi connectivity index (χ2n) is 1.83. The zero-order valence-electron chi connectivity index (χ0n) is 7.46. The summed E-state index contributed by atoms with van der Waals surface area (Å²) in [6.45, 7) is 0. The van der Waals surface area contributed by atoms with Gasteiger partial charge in [0.2, 0.25) is 5.28 Å². The fourth-order valence-corrected chi connectivity index (χ4v) is 0.819. The Bertz CT molecular complexity index is 322. The molecule has 64 valence electrons. The maximum absolute atomic E-state index is 10.2. The van der Waals surface area contributed by atoms with Crippen LogP contribution >= 0.6 is 11.6 Å². The van der Waals surface area contributed by atoms with Crippen LogP contribution in [0.4, 0.5) is 0 Å². The molecular formula is C5HClN2Na2O4. The van der Waals surface area contributed by atoms with Gasteiger partial charge >= 0.3 is 59.1 Å². The number of aromatic carboxylic acids is 2. The Morgan fingerprint density at radius 2 is 1.71 bits per heavy atom. The van der Waals surface area contributed by atoms with Gasteiger partial charge in [-0.1, -0.05) is 0 Å². The Morgan fingerprint density at radius 1 is 1.21 bits per heavy atom. The van der Waals surface area contributed by atoms with Crippen LogP contribution < -0.4 is 69.3 Å². The summed E-state index contributed by atoms with van der Waals surface area (Å²) in [5.41, 5.74) is -1.46. The van der Waals surface area contributed by atoms with Gasteiger partial charge in [0.1, 0.15) is 5.69 Å². The predicted molar refractivity (Wildman–Crippen MR) is 32.3 cm³/mol.